The van der Waals surface area contributed by atoms with Crippen molar-refractivity contribution in [3.63, 3.8) is 0 Å². The molecule has 1 atom stereocenters. The van der Waals surface area contributed by atoms with Crippen LogP contribution in [0.5, 0.6) is 0 Å². The van der Waals surface area contributed by atoms with E-state index >= 15 is 0 Å². The molecule has 1 unspecified atom stereocenters. The second-order valence-electron chi connectivity index (χ2n) is 4.76. The lowest BCUT2D eigenvalue weighted by atomic mass is 9.96. The molecule has 2 aromatic rings. The van der Waals surface area contributed by atoms with Crippen molar-refractivity contribution in [1.82, 2.24) is 5.32 Å². The zero-order valence-corrected chi connectivity index (χ0v) is 11.8. The molecule has 1 aromatic carbocycles. The minimum atomic E-state index is -1.07. The van der Waals surface area contributed by atoms with E-state index in [1.807, 2.05) is 48.7 Å². The van der Waals surface area contributed by atoms with Crippen molar-refractivity contribution in [3.05, 3.63) is 57.8 Å². The van der Waals surface area contributed by atoms with Crippen LogP contribution in [-0.2, 0) is 5.60 Å². The van der Waals surface area contributed by atoms with Gasteiger partial charge in [-0.15, -0.1) is 11.3 Å². The Morgan fingerprint density at radius 2 is 2.00 bits per heavy atom. The fourth-order valence-electron chi connectivity index (χ4n) is 1.84. The van der Waals surface area contributed by atoms with Gasteiger partial charge in [-0.2, -0.15) is 0 Å². The Morgan fingerprint density at radius 3 is 2.58 bits per heavy atom. The largest absolute Gasteiger partial charge is 0.384 e. The molecule has 0 spiro atoms. The van der Waals surface area contributed by atoms with Crippen LogP contribution in [0, 0.1) is 6.92 Å². The average Bonchev–Trinajstić information content (AvgIpc) is 2.83. The van der Waals surface area contributed by atoms with E-state index in [4.69, 9.17) is 0 Å². The maximum atomic E-state index is 12.0. The maximum absolute atomic E-state index is 12.0. The quantitative estimate of drug-likeness (QED) is 0.901. The molecule has 1 amide bonds. The summed E-state index contributed by atoms with van der Waals surface area (Å²) in [5.41, 5.74) is 0.683. The normalized spacial score (nSPS) is 13.8. The molecule has 0 radical (unpaired) electrons. The summed E-state index contributed by atoms with van der Waals surface area (Å²) in [7, 11) is 0. The van der Waals surface area contributed by atoms with Crippen LogP contribution in [0.2, 0.25) is 0 Å². The van der Waals surface area contributed by atoms with Crippen LogP contribution in [0.3, 0.4) is 0 Å². The summed E-state index contributed by atoms with van der Waals surface area (Å²) in [6, 6.07) is 11.2. The molecule has 0 aliphatic heterocycles. The number of carbonyl (C=O) groups excluding carboxylic acids is 1. The fourth-order valence-corrected chi connectivity index (χ4v) is 2.68. The lowest BCUT2D eigenvalue weighted by Crippen LogP contribution is -2.38. The third-order valence-corrected chi connectivity index (χ3v) is 4.07. The molecule has 100 valence electrons. The molecule has 2 N–H and O–H groups in total. The summed E-state index contributed by atoms with van der Waals surface area (Å²) in [5, 5.41) is 15.1. The zero-order chi connectivity index (χ0) is 13.9. The predicted molar refractivity (Wildman–Crippen MR) is 77.4 cm³/mol. The van der Waals surface area contributed by atoms with E-state index in [9.17, 15) is 9.90 Å². The summed E-state index contributed by atoms with van der Waals surface area (Å²) in [6.45, 7) is 3.79. The lowest BCUT2D eigenvalue weighted by molar-refractivity contribution is 0.0527. The number of benzene rings is 1. The van der Waals surface area contributed by atoms with Crippen LogP contribution in [-0.4, -0.2) is 17.6 Å². The molecular formula is C15H17NO2S. The highest BCUT2D eigenvalue weighted by molar-refractivity contribution is 7.12. The first-order chi connectivity index (χ1) is 9.00. The number of hydrogen-bond acceptors (Lipinski definition) is 3. The molecule has 0 aliphatic rings. The molecule has 2 rings (SSSR count). The van der Waals surface area contributed by atoms with Gasteiger partial charge in [0.2, 0.25) is 0 Å². The van der Waals surface area contributed by atoms with Crippen LogP contribution >= 0.6 is 11.3 Å². The number of carbonyl (C=O) groups is 1. The van der Waals surface area contributed by atoms with E-state index in [0.29, 0.717) is 4.88 Å². The molecule has 0 saturated carbocycles. The Labute approximate surface area is 116 Å². The van der Waals surface area contributed by atoms with Crippen LogP contribution in [0.1, 0.15) is 27.7 Å². The van der Waals surface area contributed by atoms with Crippen molar-refractivity contribution in [3.8, 4) is 0 Å². The van der Waals surface area contributed by atoms with Gasteiger partial charge in [0.1, 0.15) is 5.60 Å². The molecular weight excluding hydrogens is 258 g/mol. The van der Waals surface area contributed by atoms with Crippen molar-refractivity contribution >= 4 is 17.2 Å². The SMILES string of the molecule is Cc1ccsc1C(=O)NCC(C)(O)c1ccccc1. The zero-order valence-electron chi connectivity index (χ0n) is 11.0. The van der Waals surface area contributed by atoms with Crippen molar-refractivity contribution in [2.24, 2.45) is 0 Å². The van der Waals surface area contributed by atoms with E-state index in [1.165, 1.54) is 11.3 Å². The topological polar surface area (TPSA) is 49.3 Å². The number of aliphatic hydroxyl groups is 1. The Morgan fingerprint density at radius 1 is 1.32 bits per heavy atom. The van der Waals surface area contributed by atoms with Gasteiger partial charge in [0, 0.05) is 0 Å². The Bertz CT molecular complexity index is 561. The number of thiophene rings is 1. The maximum Gasteiger partial charge on any atom is 0.261 e. The number of nitrogens with one attached hydrogen (secondary N) is 1. The van der Waals surface area contributed by atoms with Gasteiger partial charge >= 0.3 is 0 Å². The molecule has 0 aliphatic carbocycles. The smallest absolute Gasteiger partial charge is 0.261 e. The van der Waals surface area contributed by atoms with Gasteiger partial charge in [0.05, 0.1) is 11.4 Å². The molecule has 3 nitrogen and oxygen atoms in total. The third kappa shape index (κ3) is 3.22. The van der Waals surface area contributed by atoms with Gasteiger partial charge in [-0.1, -0.05) is 30.3 Å². The number of hydrogen-bond donors (Lipinski definition) is 2. The Kier molecular flexibility index (Phi) is 4.02. The second-order valence-corrected chi connectivity index (χ2v) is 5.67. The van der Waals surface area contributed by atoms with Gasteiger partial charge in [-0.25, -0.2) is 0 Å². The van der Waals surface area contributed by atoms with Gasteiger partial charge in [0.25, 0.3) is 5.91 Å². The molecule has 0 bridgehead atoms. The minimum Gasteiger partial charge on any atom is -0.384 e. The first-order valence-corrected chi connectivity index (χ1v) is 6.99. The van der Waals surface area contributed by atoms with Crippen LogP contribution in [0.15, 0.2) is 41.8 Å². The molecule has 1 heterocycles. The van der Waals surface area contributed by atoms with E-state index < -0.39 is 5.60 Å². The van der Waals surface area contributed by atoms with E-state index in [2.05, 4.69) is 5.32 Å². The highest BCUT2D eigenvalue weighted by Crippen LogP contribution is 2.20. The lowest BCUT2D eigenvalue weighted by Gasteiger charge is -2.24. The second kappa shape index (κ2) is 5.55. The average molecular weight is 275 g/mol. The summed E-state index contributed by atoms with van der Waals surface area (Å²) >= 11 is 1.41. The van der Waals surface area contributed by atoms with E-state index in [0.717, 1.165) is 11.1 Å². The fraction of sp³-hybridized carbons (Fsp3) is 0.267. The Hall–Kier alpha value is -1.65. The molecule has 4 heteroatoms. The van der Waals surface area contributed by atoms with Gasteiger partial charge < -0.3 is 10.4 Å². The predicted octanol–water partition coefficient (Wildman–Crippen LogP) is 2.69. The van der Waals surface area contributed by atoms with E-state index in [1.54, 1.807) is 6.92 Å². The van der Waals surface area contributed by atoms with Crippen molar-refractivity contribution in [2.75, 3.05) is 6.54 Å². The number of aryl methyl sites for hydroxylation is 1. The first-order valence-electron chi connectivity index (χ1n) is 6.11. The van der Waals surface area contributed by atoms with Crippen LogP contribution < -0.4 is 5.32 Å². The minimum absolute atomic E-state index is 0.135. The third-order valence-electron chi connectivity index (χ3n) is 3.06. The van der Waals surface area contributed by atoms with Gasteiger partial charge in [-0.3, -0.25) is 4.79 Å². The van der Waals surface area contributed by atoms with Crippen molar-refractivity contribution < 1.29 is 9.90 Å². The van der Waals surface area contributed by atoms with Crippen molar-refractivity contribution in [1.29, 1.82) is 0 Å². The molecule has 19 heavy (non-hydrogen) atoms. The summed E-state index contributed by atoms with van der Waals surface area (Å²) < 4.78 is 0. The first kappa shape index (κ1) is 13.8. The summed E-state index contributed by atoms with van der Waals surface area (Å²) in [4.78, 5) is 12.7. The number of amides is 1. The highest BCUT2D eigenvalue weighted by atomic mass is 32.1. The standard InChI is InChI=1S/C15H17NO2S/c1-11-8-9-19-13(11)14(17)16-10-15(2,18)12-6-4-3-5-7-12/h3-9,18H,10H2,1-2H3,(H,16,17). The van der Waals surface area contributed by atoms with E-state index in [-0.39, 0.29) is 12.5 Å². The monoisotopic (exact) mass is 275 g/mol. The summed E-state index contributed by atoms with van der Waals surface area (Å²) in [5.74, 6) is -0.135. The Balaban J connectivity index is 2.03. The summed E-state index contributed by atoms with van der Waals surface area (Å²) in [6.07, 6.45) is 0. The van der Waals surface area contributed by atoms with Gasteiger partial charge in [-0.05, 0) is 36.4 Å². The van der Waals surface area contributed by atoms with Gasteiger partial charge in [0.15, 0.2) is 0 Å². The number of rotatable bonds is 4. The molecule has 0 fully saturated rings. The highest BCUT2D eigenvalue weighted by Gasteiger charge is 2.24. The molecule has 0 saturated heterocycles. The van der Waals surface area contributed by atoms with Crippen LogP contribution in [0.4, 0.5) is 0 Å². The van der Waals surface area contributed by atoms with Crippen LogP contribution in [0.25, 0.3) is 0 Å². The molecule has 1 aromatic heterocycles. The van der Waals surface area contributed by atoms with Crippen molar-refractivity contribution in [2.45, 2.75) is 19.4 Å².